The van der Waals surface area contributed by atoms with Crippen LogP contribution in [-0.4, -0.2) is 47.8 Å². The molecule has 0 bridgehead atoms. The number of hydrogen-bond donors (Lipinski definition) is 3. The molecule has 1 aliphatic carbocycles. The van der Waals surface area contributed by atoms with Crippen molar-refractivity contribution in [2.45, 2.75) is 43.7 Å². The Bertz CT molecular complexity index is 510. The fourth-order valence-electron chi connectivity index (χ4n) is 3.44. The Hall–Kier alpha value is -1.59. The Morgan fingerprint density at radius 3 is 2.43 bits per heavy atom. The molecule has 0 radical (unpaired) electrons. The van der Waals surface area contributed by atoms with Gasteiger partial charge in [-0.05, 0) is 50.8 Å². The van der Waals surface area contributed by atoms with E-state index < -0.39 is 5.60 Å². The third kappa shape index (κ3) is 4.24. The van der Waals surface area contributed by atoms with Gasteiger partial charge in [0, 0.05) is 13.1 Å². The van der Waals surface area contributed by atoms with Crippen molar-refractivity contribution in [3.8, 4) is 0 Å². The smallest absolute Gasteiger partial charge is 0.314 e. The summed E-state index contributed by atoms with van der Waals surface area (Å²) in [6, 6.07) is 10.4. The summed E-state index contributed by atoms with van der Waals surface area (Å²) in [5.41, 5.74) is 0.567. The molecule has 1 saturated heterocycles. The molecule has 0 spiro atoms. The zero-order valence-corrected chi connectivity index (χ0v) is 13.6. The Kier molecular flexibility index (Phi) is 5.18. The average molecular weight is 317 g/mol. The second-order valence-electron chi connectivity index (χ2n) is 6.81. The van der Waals surface area contributed by atoms with Crippen molar-refractivity contribution in [1.29, 1.82) is 0 Å². The van der Waals surface area contributed by atoms with Gasteiger partial charge in [0.15, 0.2) is 0 Å². The van der Waals surface area contributed by atoms with E-state index in [9.17, 15) is 9.90 Å². The molecule has 3 N–H and O–H groups in total. The summed E-state index contributed by atoms with van der Waals surface area (Å²) in [5.74, 6) is 0. The highest BCUT2D eigenvalue weighted by molar-refractivity contribution is 5.74. The van der Waals surface area contributed by atoms with Crippen molar-refractivity contribution < 1.29 is 9.90 Å². The van der Waals surface area contributed by atoms with E-state index in [1.54, 1.807) is 0 Å². The normalized spacial score (nSPS) is 21.4. The van der Waals surface area contributed by atoms with Crippen LogP contribution in [0.15, 0.2) is 30.3 Å². The summed E-state index contributed by atoms with van der Waals surface area (Å²) in [4.78, 5) is 14.5. The average Bonchev–Trinajstić information content (AvgIpc) is 3.06. The fraction of sp³-hybridized carbons (Fsp3) is 0.611. The van der Waals surface area contributed by atoms with E-state index in [-0.39, 0.29) is 12.1 Å². The number of carbonyl (C=O) groups is 1. The van der Waals surface area contributed by atoms with Crippen molar-refractivity contribution in [2.75, 3.05) is 26.2 Å². The van der Waals surface area contributed by atoms with Gasteiger partial charge in [0.2, 0.25) is 0 Å². The summed E-state index contributed by atoms with van der Waals surface area (Å²) in [5, 5.41) is 15.8. The first-order chi connectivity index (χ1) is 11.2. The lowest BCUT2D eigenvalue weighted by molar-refractivity contribution is -0.0290. The first-order valence-corrected chi connectivity index (χ1v) is 8.69. The number of aliphatic hydroxyl groups is 1. The molecule has 2 amide bonds. The molecule has 1 aliphatic heterocycles. The first-order valence-electron chi connectivity index (χ1n) is 8.69. The molecule has 1 aromatic carbocycles. The SMILES string of the molecule is O=C(NCC(c1ccccc1)N1CCCC1)NCC1(O)CCC1. The monoisotopic (exact) mass is 317 g/mol. The van der Waals surface area contributed by atoms with E-state index in [4.69, 9.17) is 0 Å². The van der Waals surface area contributed by atoms with E-state index >= 15 is 0 Å². The maximum atomic E-state index is 12.0. The van der Waals surface area contributed by atoms with Crippen LogP contribution < -0.4 is 10.6 Å². The van der Waals surface area contributed by atoms with Crippen molar-refractivity contribution in [3.05, 3.63) is 35.9 Å². The number of nitrogens with zero attached hydrogens (tertiary/aromatic N) is 1. The van der Waals surface area contributed by atoms with Gasteiger partial charge < -0.3 is 15.7 Å². The van der Waals surface area contributed by atoms with E-state index in [0.29, 0.717) is 13.1 Å². The highest BCUT2D eigenvalue weighted by atomic mass is 16.3. The van der Waals surface area contributed by atoms with Gasteiger partial charge in [-0.15, -0.1) is 0 Å². The number of amides is 2. The lowest BCUT2D eigenvalue weighted by atomic mass is 9.80. The molecule has 2 aliphatic rings. The van der Waals surface area contributed by atoms with Crippen LogP contribution in [0.3, 0.4) is 0 Å². The van der Waals surface area contributed by atoms with Crippen molar-refractivity contribution in [3.63, 3.8) is 0 Å². The Morgan fingerprint density at radius 2 is 1.83 bits per heavy atom. The van der Waals surface area contributed by atoms with Gasteiger partial charge >= 0.3 is 6.03 Å². The third-order valence-electron chi connectivity index (χ3n) is 5.08. The van der Waals surface area contributed by atoms with Crippen LogP contribution in [-0.2, 0) is 0 Å². The third-order valence-corrected chi connectivity index (χ3v) is 5.08. The summed E-state index contributed by atoms with van der Waals surface area (Å²) in [6.07, 6.45) is 5.07. The lowest BCUT2D eigenvalue weighted by Gasteiger charge is -2.36. The van der Waals surface area contributed by atoms with Crippen LogP contribution in [0.1, 0.15) is 43.7 Å². The van der Waals surface area contributed by atoms with Crippen LogP contribution in [0.4, 0.5) is 4.79 Å². The molecule has 23 heavy (non-hydrogen) atoms. The number of rotatable bonds is 6. The molecule has 5 heteroatoms. The topological polar surface area (TPSA) is 64.6 Å². The predicted octanol–water partition coefficient (Wildman–Crippen LogP) is 2.04. The molecule has 0 aromatic heterocycles. The van der Waals surface area contributed by atoms with Crippen LogP contribution in [0.2, 0.25) is 0 Å². The quantitative estimate of drug-likeness (QED) is 0.752. The van der Waals surface area contributed by atoms with Gasteiger partial charge in [-0.3, -0.25) is 4.90 Å². The molecule has 1 atom stereocenters. The van der Waals surface area contributed by atoms with E-state index in [2.05, 4.69) is 27.7 Å². The maximum absolute atomic E-state index is 12.0. The Balaban J connectivity index is 1.52. The molecule has 1 aromatic rings. The summed E-state index contributed by atoms with van der Waals surface area (Å²) in [7, 11) is 0. The van der Waals surface area contributed by atoms with Gasteiger partial charge in [0.05, 0.1) is 11.6 Å². The molecule has 126 valence electrons. The van der Waals surface area contributed by atoms with Gasteiger partial charge in [-0.1, -0.05) is 30.3 Å². The van der Waals surface area contributed by atoms with Crippen molar-refractivity contribution >= 4 is 6.03 Å². The second-order valence-corrected chi connectivity index (χ2v) is 6.81. The number of carbonyl (C=O) groups excluding carboxylic acids is 1. The highest BCUT2D eigenvalue weighted by Gasteiger charge is 2.34. The number of hydrogen-bond acceptors (Lipinski definition) is 3. The Morgan fingerprint density at radius 1 is 1.13 bits per heavy atom. The van der Waals surface area contributed by atoms with Crippen LogP contribution in [0.25, 0.3) is 0 Å². The summed E-state index contributed by atoms with van der Waals surface area (Å²) >= 11 is 0. The van der Waals surface area contributed by atoms with E-state index in [1.165, 1.54) is 18.4 Å². The molecule has 2 fully saturated rings. The fourth-order valence-corrected chi connectivity index (χ4v) is 3.44. The molecule has 3 rings (SSSR count). The summed E-state index contributed by atoms with van der Waals surface area (Å²) in [6.45, 7) is 3.11. The largest absolute Gasteiger partial charge is 0.388 e. The zero-order valence-electron chi connectivity index (χ0n) is 13.6. The number of likely N-dealkylation sites (tertiary alicyclic amines) is 1. The van der Waals surface area contributed by atoms with E-state index in [1.807, 2.05) is 18.2 Å². The molecule has 1 saturated carbocycles. The molecule has 1 heterocycles. The Labute approximate surface area is 138 Å². The number of nitrogens with one attached hydrogen (secondary N) is 2. The second kappa shape index (κ2) is 7.32. The standard InChI is InChI=1S/C18H27N3O2/c22-17(20-14-18(23)9-6-10-18)19-13-16(21-11-4-5-12-21)15-7-2-1-3-8-15/h1-3,7-8,16,23H,4-6,9-14H2,(H2,19,20,22). The van der Waals surface area contributed by atoms with Crippen LogP contribution >= 0.6 is 0 Å². The number of urea groups is 1. The van der Waals surface area contributed by atoms with Gasteiger partial charge in [-0.25, -0.2) is 4.79 Å². The van der Waals surface area contributed by atoms with Gasteiger partial charge in [0.25, 0.3) is 0 Å². The minimum Gasteiger partial charge on any atom is -0.388 e. The summed E-state index contributed by atoms with van der Waals surface area (Å²) < 4.78 is 0. The minimum atomic E-state index is -0.675. The van der Waals surface area contributed by atoms with Gasteiger partial charge in [0.1, 0.15) is 0 Å². The van der Waals surface area contributed by atoms with Crippen molar-refractivity contribution in [1.82, 2.24) is 15.5 Å². The van der Waals surface area contributed by atoms with E-state index in [0.717, 1.165) is 32.4 Å². The lowest BCUT2D eigenvalue weighted by Crippen LogP contribution is -2.51. The number of benzene rings is 1. The molecule has 1 unspecified atom stereocenters. The van der Waals surface area contributed by atoms with Crippen LogP contribution in [0, 0.1) is 0 Å². The van der Waals surface area contributed by atoms with Crippen LogP contribution in [0.5, 0.6) is 0 Å². The molecular formula is C18H27N3O2. The predicted molar refractivity (Wildman–Crippen MR) is 90.2 cm³/mol. The highest BCUT2D eigenvalue weighted by Crippen LogP contribution is 2.30. The maximum Gasteiger partial charge on any atom is 0.314 e. The van der Waals surface area contributed by atoms with Gasteiger partial charge in [-0.2, -0.15) is 0 Å². The minimum absolute atomic E-state index is 0.189. The first kappa shape index (κ1) is 16.3. The zero-order chi connectivity index (χ0) is 16.1. The molecule has 5 nitrogen and oxygen atoms in total. The molecular weight excluding hydrogens is 290 g/mol. The van der Waals surface area contributed by atoms with Crippen molar-refractivity contribution in [2.24, 2.45) is 0 Å².